The zero-order valence-electron chi connectivity index (χ0n) is 16.3. The first-order valence-electron chi connectivity index (χ1n) is 9.17. The first-order chi connectivity index (χ1) is 14.9. The van der Waals surface area contributed by atoms with Gasteiger partial charge in [-0.05, 0) is 42.5 Å². The molecule has 31 heavy (non-hydrogen) atoms. The summed E-state index contributed by atoms with van der Waals surface area (Å²) >= 11 is 1.32. The molecule has 0 saturated heterocycles. The summed E-state index contributed by atoms with van der Waals surface area (Å²) in [5.41, 5.74) is 13.8. The number of aromatic amines is 1. The molecule has 0 aliphatic rings. The van der Waals surface area contributed by atoms with Gasteiger partial charge in [-0.2, -0.15) is 0 Å². The topological polar surface area (TPSA) is 98.1 Å². The molecule has 0 saturated carbocycles. The summed E-state index contributed by atoms with van der Waals surface area (Å²) in [5, 5.41) is 5.05. The Labute approximate surface area is 178 Å². The van der Waals surface area contributed by atoms with Crippen LogP contribution in [-0.2, 0) is 6.42 Å². The number of hydrogen-bond acceptors (Lipinski definition) is 4. The molecule has 1 unspecified atom stereocenters. The molecular formula is C20H18F4N5OS+. The van der Waals surface area contributed by atoms with Crippen molar-refractivity contribution in [1.82, 2.24) is 0 Å². The number of aromatic nitrogens is 1. The second kappa shape index (κ2) is 9.67. The van der Waals surface area contributed by atoms with Crippen LogP contribution in [0.2, 0.25) is 0 Å². The van der Waals surface area contributed by atoms with Gasteiger partial charge in [0.2, 0.25) is 0 Å². The number of hydrogen-bond donors (Lipinski definition) is 1. The smallest absolute Gasteiger partial charge is 0.329 e. The monoisotopic (exact) mass is 452 g/mol. The lowest BCUT2D eigenvalue weighted by atomic mass is 9.90. The molecular weight excluding hydrogens is 434 g/mol. The summed E-state index contributed by atoms with van der Waals surface area (Å²) in [5.74, 6) is -6.06. The van der Waals surface area contributed by atoms with E-state index >= 15 is 0 Å². The highest BCUT2D eigenvalue weighted by atomic mass is 32.1. The van der Waals surface area contributed by atoms with Crippen LogP contribution in [0.1, 0.15) is 35.6 Å². The molecule has 0 bridgehead atoms. The molecule has 3 aromatic rings. The maximum Gasteiger partial charge on any atom is 0.329 e. The summed E-state index contributed by atoms with van der Waals surface area (Å²) in [6, 6.07) is 7.30. The molecule has 1 heterocycles. The van der Waals surface area contributed by atoms with Crippen molar-refractivity contribution < 1.29 is 27.3 Å². The number of rotatable bonds is 8. The first-order valence-corrected chi connectivity index (χ1v) is 10.0. The van der Waals surface area contributed by atoms with E-state index in [0.717, 1.165) is 11.3 Å². The lowest BCUT2D eigenvalue weighted by Crippen LogP contribution is -2.16. The van der Waals surface area contributed by atoms with Gasteiger partial charge in [0.05, 0.1) is 7.11 Å². The zero-order chi connectivity index (χ0) is 22.5. The molecule has 1 atom stereocenters. The molecule has 0 spiro atoms. The van der Waals surface area contributed by atoms with Crippen molar-refractivity contribution in [3.8, 4) is 5.75 Å². The quantitative estimate of drug-likeness (QED) is 0.153. The third-order valence-electron chi connectivity index (χ3n) is 4.87. The Bertz CT molecular complexity index is 1100. The number of ether oxygens (including phenoxy) is 1. The largest absolute Gasteiger partial charge is 0.497 e. The number of benzene rings is 2. The highest BCUT2D eigenvalue weighted by Gasteiger charge is 2.25. The van der Waals surface area contributed by atoms with Crippen LogP contribution in [0.5, 0.6) is 5.75 Å². The average molecular weight is 452 g/mol. The van der Waals surface area contributed by atoms with Crippen LogP contribution in [0.4, 0.5) is 28.4 Å². The number of nitrogens with zero attached hydrogens (tertiary/aromatic N) is 3. The number of nitrogens with one attached hydrogen (secondary N) is 1. The number of thiazole rings is 1. The number of azide groups is 1. The SMILES string of the molecule is COc1ccc(C(CCCc2c(F)c(F)c(N=[N+]=[N-])c(F)c2F)c2csc(N)[nH+]2)cc1. The Morgan fingerprint density at radius 2 is 1.77 bits per heavy atom. The summed E-state index contributed by atoms with van der Waals surface area (Å²) in [6.45, 7) is 0. The van der Waals surface area contributed by atoms with Gasteiger partial charge in [0.15, 0.2) is 23.3 Å². The van der Waals surface area contributed by atoms with E-state index < -0.39 is 34.5 Å². The van der Waals surface area contributed by atoms with Crippen LogP contribution in [-0.4, -0.2) is 7.11 Å². The molecule has 1 aromatic heterocycles. The normalized spacial score (nSPS) is 11.8. The van der Waals surface area contributed by atoms with Gasteiger partial charge in [0.1, 0.15) is 17.1 Å². The second-order valence-electron chi connectivity index (χ2n) is 6.67. The highest BCUT2D eigenvalue weighted by Crippen LogP contribution is 2.34. The van der Waals surface area contributed by atoms with Crippen LogP contribution in [0.3, 0.4) is 0 Å². The molecule has 6 nitrogen and oxygen atoms in total. The molecule has 0 fully saturated rings. The van der Waals surface area contributed by atoms with E-state index in [-0.39, 0.29) is 18.8 Å². The minimum absolute atomic E-state index is 0.192. The van der Waals surface area contributed by atoms with Gasteiger partial charge < -0.3 is 4.74 Å². The number of anilines is 1. The minimum atomic E-state index is -1.71. The van der Waals surface area contributed by atoms with Crippen molar-refractivity contribution in [3.63, 3.8) is 0 Å². The van der Waals surface area contributed by atoms with E-state index in [0.29, 0.717) is 17.3 Å². The number of halogens is 4. The van der Waals surface area contributed by atoms with Crippen LogP contribution < -0.4 is 15.5 Å². The lowest BCUT2D eigenvalue weighted by Gasteiger charge is -2.15. The second-order valence-corrected chi connectivity index (χ2v) is 7.58. The van der Waals surface area contributed by atoms with E-state index in [9.17, 15) is 17.6 Å². The summed E-state index contributed by atoms with van der Waals surface area (Å²) < 4.78 is 61.7. The summed E-state index contributed by atoms with van der Waals surface area (Å²) in [4.78, 5) is 5.26. The maximum absolute atomic E-state index is 14.3. The highest BCUT2D eigenvalue weighted by molar-refractivity contribution is 7.13. The molecule has 0 aliphatic carbocycles. The molecule has 0 amide bonds. The standard InChI is InChI=1S/C20H17F4N5OS/c1-30-11-7-5-10(6-8-11)12(14-9-31-20(25)27-14)3-2-4-13-15(21)17(23)19(28-29-26)18(24)16(13)22/h5-9,12H,2-4H2,1H3,(H2,25,27)/p+1. The molecule has 2 aromatic carbocycles. The van der Waals surface area contributed by atoms with Gasteiger partial charge >= 0.3 is 5.13 Å². The minimum Gasteiger partial charge on any atom is -0.497 e. The van der Waals surface area contributed by atoms with Crippen LogP contribution in [0.15, 0.2) is 34.8 Å². The summed E-state index contributed by atoms with van der Waals surface area (Å²) in [6.07, 6.45) is 0.376. The van der Waals surface area contributed by atoms with Gasteiger partial charge in [-0.1, -0.05) is 28.6 Å². The van der Waals surface area contributed by atoms with Crippen LogP contribution in [0.25, 0.3) is 10.4 Å². The molecule has 3 rings (SSSR count). The van der Waals surface area contributed by atoms with E-state index in [2.05, 4.69) is 15.0 Å². The zero-order valence-corrected chi connectivity index (χ0v) is 17.1. The summed E-state index contributed by atoms with van der Waals surface area (Å²) in [7, 11) is 1.55. The van der Waals surface area contributed by atoms with Crippen molar-refractivity contribution in [3.05, 3.63) is 80.2 Å². The van der Waals surface area contributed by atoms with E-state index in [1.165, 1.54) is 11.3 Å². The maximum atomic E-state index is 14.3. The predicted octanol–water partition coefficient (Wildman–Crippen LogP) is 5.81. The van der Waals surface area contributed by atoms with Gasteiger partial charge in [0, 0.05) is 21.8 Å². The van der Waals surface area contributed by atoms with Gasteiger partial charge in [0.25, 0.3) is 0 Å². The van der Waals surface area contributed by atoms with Crippen molar-refractivity contribution in [2.24, 2.45) is 5.11 Å². The van der Waals surface area contributed by atoms with Crippen molar-refractivity contribution >= 4 is 22.2 Å². The number of nitrogens with two attached hydrogens (primary N) is 1. The molecule has 11 heteroatoms. The number of H-pyrrole nitrogens is 1. The number of nitrogen functional groups attached to an aromatic ring is 1. The fraction of sp³-hybridized carbons (Fsp3) is 0.250. The van der Waals surface area contributed by atoms with Crippen LogP contribution >= 0.6 is 11.3 Å². The Hall–Kier alpha value is -3.30. The van der Waals surface area contributed by atoms with E-state index in [1.807, 2.05) is 17.5 Å². The predicted molar refractivity (Wildman–Crippen MR) is 108 cm³/mol. The van der Waals surface area contributed by atoms with Gasteiger partial charge in [-0.25, -0.2) is 22.5 Å². The third-order valence-corrected chi connectivity index (χ3v) is 5.60. The fourth-order valence-corrected chi connectivity index (χ4v) is 3.99. The Morgan fingerprint density at radius 1 is 1.13 bits per heavy atom. The van der Waals surface area contributed by atoms with E-state index in [4.69, 9.17) is 16.0 Å². The molecule has 0 aliphatic heterocycles. The average Bonchev–Trinajstić information content (AvgIpc) is 3.21. The molecule has 3 N–H and O–H groups in total. The molecule has 162 valence electrons. The van der Waals surface area contributed by atoms with Crippen molar-refractivity contribution in [1.29, 1.82) is 0 Å². The Kier molecular flexibility index (Phi) is 6.98. The van der Waals surface area contributed by atoms with Gasteiger partial charge in [-0.3, -0.25) is 5.73 Å². The number of methoxy groups -OCH3 is 1. The van der Waals surface area contributed by atoms with Crippen molar-refractivity contribution in [2.45, 2.75) is 25.2 Å². The lowest BCUT2D eigenvalue weighted by molar-refractivity contribution is -0.368. The van der Waals surface area contributed by atoms with Crippen molar-refractivity contribution in [2.75, 3.05) is 12.8 Å². The first kappa shape index (κ1) is 22.4. The Morgan fingerprint density at radius 3 is 2.29 bits per heavy atom. The molecule has 0 radical (unpaired) electrons. The Balaban J connectivity index is 1.85. The van der Waals surface area contributed by atoms with Gasteiger partial charge in [-0.15, -0.1) is 0 Å². The van der Waals surface area contributed by atoms with E-state index in [1.54, 1.807) is 19.2 Å². The fourth-order valence-electron chi connectivity index (χ4n) is 3.34. The van der Waals surface area contributed by atoms with Crippen LogP contribution in [0, 0.1) is 23.3 Å². The third kappa shape index (κ3) is 4.73.